The van der Waals surface area contributed by atoms with Gasteiger partial charge in [0.15, 0.2) is 0 Å². The molecule has 0 unspecified atom stereocenters. The number of hydrogen-bond donors (Lipinski definition) is 0. The molecule has 0 saturated carbocycles. The molecule has 0 radical (unpaired) electrons. The van der Waals surface area contributed by atoms with E-state index in [1.807, 2.05) is 0 Å². The fourth-order valence-electron chi connectivity index (χ4n) is 8.60. The molecule has 7 nitrogen and oxygen atoms in total. The standard InChI is InChI=1S/C51H33N7/c1-4-16-37(17-5-1)56-46-25-13-10-22-43(46)52-49(56)34-28-40-30-35(50-53-44-23-11-14-26-47(44)57(50)38-18-6-2-7-19-38)32-42-33-36(31-41(29-34)55(40)42)51-54-45-24-12-15-27-48(45)58(51)39-20-8-3-9-21-39/h1-33H. The second kappa shape index (κ2) is 12.8. The van der Waals surface area contributed by atoms with Gasteiger partial charge in [-0.1, -0.05) is 91.0 Å². The third-order valence-electron chi connectivity index (χ3n) is 11.1. The second-order valence-corrected chi connectivity index (χ2v) is 14.6. The van der Waals surface area contributed by atoms with Crippen LogP contribution in [0.25, 0.3) is 66.9 Å². The first-order valence-electron chi connectivity index (χ1n) is 19.5. The van der Waals surface area contributed by atoms with Crippen molar-refractivity contribution in [1.29, 1.82) is 0 Å². The average molecular weight is 744 g/mol. The molecule has 0 bridgehead atoms. The molecule has 0 amide bonds. The molecule has 58 heavy (non-hydrogen) atoms. The first-order valence-corrected chi connectivity index (χ1v) is 19.5. The lowest BCUT2D eigenvalue weighted by Gasteiger charge is -2.37. The predicted octanol–water partition coefficient (Wildman–Crippen LogP) is 11.2. The number of imidazole rings is 3. The van der Waals surface area contributed by atoms with E-state index in [-0.39, 0.29) is 0 Å². The first kappa shape index (κ1) is 32.2. The highest BCUT2D eigenvalue weighted by atomic mass is 15.2. The van der Waals surface area contributed by atoms with E-state index in [1.54, 1.807) is 0 Å². The average Bonchev–Trinajstić information content (AvgIpc) is 3.99. The Hall–Kier alpha value is -8.03. The minimum atomic E-state index is 0.871. The zero-order valence-corrected chi connectivity index (χ0v) is 31.2. The molecule has 0 N–H and O–H groups in total. The number of para-hydroxylation sites is 9. The van der Waals surface area contributed by atoms with Crippen LogP contribution in [-0.2, 0) is 0 Å². The van der Waals surface area contributed by atoms with E-state index in [4.69, 9.17) is 15.0 Å². The van der Waals surface area contributed by atoms with Gasteiger partial charge in [-0.15, -0.1) is 0 Å². The smallest absolute Gasteiger partial charge is 0.145 e. The third kappa shape index (κ3) is 5.04. The summed E-state index contributed by atoms with van der Waals surface area (Å²) in [4.78, 5) is 18.2. The van der Waals surface area contributed by atoms with Crippen LogP contribution in [0.15, 0.2) is 217 Å². The minimum absolute atomic E-state index is 0.871. The zero-order valence-electron chi connectivity index (χ0n) is 31.2. The van der Waals surface area contributed by atoms with Crippen molar-refractivity contribution in [2.24, 2.45) is 0 Å². The van der Waals surface area contributed by atoms with Gasteiger partial charge in [-0.3, -0.25) is 13.7 Å². The summed E-state index contributed by atoms with van der Waals surface area (Å²) in [6, 6.07) is 56.6. The van der Waals surface area contributed by atoms with Gasteiger partial charge in [-0.25, -0.2) is 15.0 Å². The number of rotatable bonds is 6. The molecule has 0 aliphatic carbocycles. The Balaban J connectivity index is 1.13. The molecular formula is C51H33N7. The van der Waals surface area contributed by atoms with Crippen molar-refractivity contribution < 1.29 is 0 Å². The van der Waals surface area contributed by atoms with Crippen molar-refractivity contribution in [3.8, 4) is 17.1 Å². The second-order valence-electron chi connectivity index (χ2n) is 14.6. The molecule has 0 atom stereocenters. The summed E-state index contributed by atoms with van der Waals surface area (Å²) in [5, 5.41) is 0. The fourth-order valence-corrected chi connectivity index (χ4v) is 8.60. The van der Waals surface area contributed by atoms with Crippen molar-refractivity contribution in [1.82, 2.24) is 33.6 Å². The Morgan fingerprint density at radius 2 is 0.552 bits per heavy atom. The van der Waals surface area contributed by atoms with Gasteiger partial charge >= 0.3 is 0 Å². The first-order chi connectivity index (χ1) is 28.7. The molecule has 6 aromatic carbocycles. The third-order valence-corrected chi connectivity index (χ3v) is 11.1. The van der Waals surface area contributed by atoms with Crippen LogP contribution < -0.4 is 0 Å². The number of hydrogen-bond acceptors (Lipinski definition) is 4. The molecule has 9 aromatic rings. The van der Waals surface area contributed by atoms with Gasteiger partial charge in [0.1, 0.15) is 17.5 Å². The van der Waals surface area contributed by atoms with E-state index in [0.29, 0.717) is 0 Å². The van der Waals surface area contributed by atoms with Gasteiger partial charge < -0.3 is 4.90 Å². The highest BCUT2D eigenvalue weighted by molar-refractivity contribution is 5.93. The minimum Gasteiger partial charge on any atom is -0.310 e. The van der Waals surface area contributed by atoms with Crippen LogP contribution in [0.5, 0.6) is 0 Å². The Morgan fingerprint density at radius 1 is 0.276 bits per heavy atom. The largest absolute Gasteiger partial charge is 0.310 e. The zero-order chi connectivity index (χ0) is 38.2. The highest BCUT2D eigenvalue weighted by Gasteiger charge is 2.32. The van der Waals surface area contributed by atoms with Crippen molar-refractivity contribution in [2.75, 3.05) is 0 Å². The molecule has 3 aliphatic rings. The SMILES string of the molecule is C1=C(c2nc3ccccc3n2-c2ccccc2)C=C2C=C(c3nc4ccccc4n3-c3ccccc3)C=C3C=C(c4nc5ccccc5n4-c4ccccc4)C=C1N23. The normalized spacial score (nSPS) is 14.8. The summed E-state index contributed by atoms with van der Waals surface area (Å²) in [7, 11) is 0. The van der Waals surface area contributed by atoms with Crippen LogP contribution in [0.2, 0.25) is 0 Å². The van der Waals surface area contributed by atoms with Crippen molar-refractivity contribution in [2.45, 2.75) is 0 Å². The molecule has 7 heteroatoms. The molecule has 3 aliphatic heterocycles. The van der Waals surface area contributed by atoms with E-state index < -0.39 is 0 Å². The predicted molar refractivity (Wildman–Crippen MR) is 233 cm³/mol. The Morgan fingerprint density at radius 3 is 0.862 bits per heavy atom. The number of nitrogens with zero attached hydrogens (tertiary/aromatic N) is 7. The van der Waals surface area contributed by atoms with Crippen LogP contribution in [0, 0.1) is 0 Å². The monoisotopic (exact) mass is 743 g/mol. The molecule has 0 spiro atoms. The lowest BCUT2D eigenvalue weighted by Crippen LogP contribution is -2.27. The maximum atomic E-state index is 5.30. The van der Waals surface area contributed by atoms with Crippen LogP contribution in [0.3, 0.4) is 0 Å². The van der Waals surface area contributed by atoms with Crippen molar-refractivity contribution in [3.63, 3.8) is 0 Å². The van der Waals surface area contributed by atoms with Gasteiger partial charge in [0.05, 0.1) is 33.1 Å². The maximum Gasteiger partial charge on any atom is 0.145 e. The molecule has 12 rings (SSSR count). The van der Waals surface area contributed by atoms with Gasteiger partial charge in [-0.2, -0.15) is 0 Å². The quantitative estimate of drug-likeness (QED) is 0.170. The molecule has 0 saturated heterocycles. The topological polar surface area (TPSA) is 56.7 Å². The Kier molecular flexibility index (Phi) is 7.09. The molecule has 0 fully saturated rings. The summed E-state index contributed by atoms with van der Waals surface area (Å²) in [5.41, 5.74) is 15.2. The van der Waals surface area contributed by atoms with E-state index in [2.05, 4.69) is 219 Å². The number of allylic oxidation sites excluding steroid dienone is 9. The van der Waals surface area contributed by atoms with Crippen LogP contribution in [0.1, 0.15) is 17.5 Å². The fraction of sp³-hybridized carbons (Fsp3) is 0. The Labute approximate surface area is 334 Å². The molecule has 3 aromatic heterocycles. The number of aromatic nitrogens is 6. The highest BCUT2D eigenvalue weighted by Crippen LogP contribution is 2.44. The van der Waals surface area contributed by atoms with E-state index >= 15 is 0 Å². The van der Waals surface area contributed by atoms with Crippen molar-refractivity contribution >= 4 is 49.8 Å². The van der Waals surface area contributed by atoms with Crippen molar-refractivity contribution in [3.05, 3.63) is 235 Å². The summed E-state index contributed by atoms with van der Waals surface area (Å²) in [6.45, 7) is 0. The van der Waals surface area contributed by atoms with Crippen LogP contribution in [0.4, 0.5) is 0 Å². The van der Waals surface area contributed by atoms with Gasteiger partial charge in [-0.05, 0) is 109 Å². The van der Waals surface area contributed by atoms with Gasteiger partial charge in [0.2, 0.25) is 0 Å². The lowest BCUT2D eigenvalue weighted by molar-refractivity contribution is 0.566. The van der Waals surface area contributed by atoms with E-state index in [9.17, 15) is 0 Å². The van der Waals surface area contributed by atoms with Gasteiger partial charge in [0.25, 0.3) is 0 Å². The lowest BCUT2D eigenvalue weighted by atomic mass is 9.94. The van der Waals surface area contributed by atoms with Gasteiger partial charge in [0, 0.05) is 50.9 Å². The molecule has 6 heterocycles. The summed E-state index contributed by atoms with van der Waals surface area (Å²) >= 11 is 0. The number of benzene rings is 6. The Bertz CT molecular complexity index is 2960. The van der Waals surface area contributed by atoms with E-state index in [0.717, 1.165) is 101 Å². The molecular weight excluding hydrogens is 711 g/mol. The van der Waals surface area contributed by atoms with Crippen LogP contribution in [-0.4, -0.2) is 33.6 Å². The summed E-state index contributed by atoms with van der Waals surface area (Å²) < 4.78 is 6.80. The van der Waals surface area contributed by atoms with Crippen LogP contribution >= 0.6 is 0 Å². The molecule has 272 valence electrons. The number of fused-ring (bicyclic) bond motifs is 3. The summed E-state index contributed by atoms with van der Waals surface area (Å²) in [6.07, 6.45) is 13.6. The van der Waals surface area contributed by atoms with E-state index in [1.165, 1.54) is 0 Å². The summed E-state index contributed by atoms with van der Waals surface area (Å²) in [5.74, 6) is 2.61. The maximum absolute atomic E-state index is 5.30.